The highest BCUT2D eigenvalue weighted by Gasteiger charge is 2.34. The Morgan fingerprint density at radius 3 is 2.00 bits per heavy atom. The highest BCUT2D eigenvalue weighted by Crippen LogP contribution is 2.26. The second kappa shape index (κ2) is 5.57. The lowest BCUT2D eigenvalue weighted by atomic mass is 10.4. The molecule has 11 heteroatoms. The number of H-pyrrole nitrogens is 1. The Labute approximate surface area is 135 Å². The summed E-state index contributed by atoms with van der Waals surface area (Å²) in [5.41, 5.74) is 0. The van der Waals surface area contributed by atoms with E-state index in [9.17, 15) is 19.2 Å². The first kappa shape index (κ1) is 15.3. The van der Waals surface area contributed by atoms with Crippen molar-refractivity contribution in [1.82, 2.24) is 14.2 Å². The van der Waals surface area contributed by atoms with E-state index in [2.05, 4.69) is 5.21 Å². The van der Waals surface area contributed by atoms with Gasteiger partial charge >= 0.3 is 0 Å². The van der Waals surface area contributed by atoms with Crippen LogP contribution in [-0.2, 0) is 19.2 Å². The quantitative estimate of drug-likeness (QED) is 0.743. The summed E-state index contributed by atoms with van der Waals surface area (Å²) < 4.78 is 1.51. The molecule has 1 N–H and O–H groups in total. The molecule has 3 rings (SSSR count). The van der Waals surface area contributed by atoms with Gasteiger partial charge in [-0.15, -0.1) is 4.18 Å². The maximum absolute atomic E-state index is 11.9. The molecule has 2 aliphatic heterocycles. The third kappa shape index (κ3) is 2.63. The molecule has 0 unspecified atom stereocenters. The van der Waals surface area contributed by atoms with Gasteiger partial charge < -0.3 is 0 Å². The molecule has 23 heavy (non-hydrogen) atoms. The minimum atomic E-state index is -0.345. The number of carbonyl (C=O) groups excluding carboxylic acids is 4. The summed E-state index contributed by atoms with van der Waals surface area (Å²) in [6, 6.07) is 0. The van der Waals surface area contributed by atoms with Crippen LogP contribution in [0.5, 0.6) is 0 Å². The highest BCUT2D eigenvalue weighted by molar-refractivity contribution is 7.10. The van der Waals surface area contributed by atoms with Crippen molar-refractivity contribution >= 4 is 40.2 Å². The molecule has 1 aromatic heterocycles. The average Bonchev–Trinajstić information content (AvgIpc) is 3.01. The van der Waals surface area contributed by atoms with Crippen molar-refractivity contribution in [3.05, 3.63) is 6.20 Å². The van der Waals surface area contributed by atoms with Gasteiger partial charge in [0.25, 0.3) is 0 Å². The van der Waals surface area contributed by atoms with Crippen LogP contribution in [0.15, 0.2) is 6.20 Å². The molecule has 0 bridgehead atoms. The number of aromatic amines is 1. The van der Waals surface area contributed by atoms with E-state index in [1.54, 1.807) is 19.1 Å². The SMILES string of the molecule is CN(C)n1[nH]n(N2C(=O)CCC2=O)cc(N2C(=O)CCC2=O)s1. The molecule has 3 heterocycles. The van der Waals surface area contributed by atoms with Crippen LogP contribution in [0.1, 0.15) is 25.7 Å². The monoisotopic (exact) mass is 340 g/mol. The van der Waals surface area contributed by atoms with E-state index in [-0.39, 0.29) is 49.3 Å². The fourth-order valence-corrected chi connectivity index (χ4v) is 3.25. The number of imide groups is 2. The van der Waals surface area contributed by atoms with E-state index in [1.165, 1.54) is 15.2 Å². The Morgan fingerprint density at radius 2 is 1.48 bits per heavy atom. The molecule has 1 aromatic rings. The molecular formula is C12H16N6O4S. The van der Waals surface area contributed by atoms with Crippen molar-refractivity contribution in [2.24, 2.45) is 0 Å². The standard InChI is InChI=1S/C12H16N6O4S/c1-14(2)18-13-15(17-10(21)5-6-11(17)22)7-12(23-18)16-8(19)3-4-9(16)20/h7,13H,3-6H2,1-2H3. The van der Waals surface area contributed by atoms with E-state index in [4.69, 9.17) is 0 Å². The fraction of sp³-hybridized carbons (Fsp3) is 0.500. The van der Waals surface area contributed by atoms with Gasteiger partial charge in [-0.1, -0.05) is 0 Å². The molecule has 0 aliphatic carbocycles. The first-order valence-electron chi connectivity index (χ1n) is 7.02. The molecule has 2 saturated heterocycles. The molecule has 10 nitrogen and oxygen atoms in total. The van der Waals surface area contributed by atoms with Crippen molar-refractivity contribution in [2.45, 2.75) is 25.7 Å². The van der Waals surface area contributed by atoms with Crippen LogP contribution < -0.4 is 14.9 Å². The van der Waals surface area contributed by atoms with Gasteiger partial charge in [0.1, 0.15) is 5.00 Å². The Balaban J connectivity index is 2.10. The van der Waals surface area contributed by atoms with Crippen LogP contribution in [0.25, 0.3) is 0 Å². The molecule has 2 fully saturated rings. The minimum Gasteiger partial charge on any atom is -0.294 e. The van der Waals surface area contributed by atoms with E-state index >= 15 is 0 Å². The average molecular weight is 340 g/mol. The number of aromatic nitrogens is 3. The lowest BCUT2D eigenvalue weighted by Gasteiger charge is -2.25. The number of hydrogen-bond donors (Lipinski definition) is 1. The van der Waals surface area contributed by atoms with Gasteiger partial charge in [-0.25, -0.2) is 4.90 Å². The molecule has 124 valence electrons. The third-order valence-electron chi connectivity index (χ3n) is 3.48. The van der Waals surface area contributed by atoms with Crippen LogP contribution >= 0.6 is 11.5 Å². The number of anilines is 1. The Bertz CT molecular complexity index is 650. The Morgan fingerprint density at radius 1 is 0.957 bits per heavy atom. The van der Waals surface area contributed by atoms with Gasteiger partial charge in [-0.05, 0) is 0 Å². The van der Waals surface area contributed by atoms with Gasteiger partial charge in [0.15, 0.2) is 0 Å². The van der Waals surface area contributed by atoms with Crippen LogP contribution in [-0.4, -0.2) is 51.9 Å². The number of nitrogens with one attached hydrogen (secondary N) is 1. The van der Waals surface area contributed by atoms with Crippen LogP contribution in [0, 0.1) is 0 Å². The number of carbonyl (C=O) groups is 4. The van der Waals surface area contributed by atoms with Crippen LogP contribution in [0.2, 0.25) is 0 Å². The summed E-state index contributed by atoms with van der Waals surface area (Å²) in [7, 11) is 3.48. The van der Waals surface area contributed by atoms with Crippen molar-refractivity contribution < 1.29 is 19.2 Å². The van der Waals surface area contributed by atoms with Crippen LogP contribution in [0.3, 0.4) is 0 Å². The summed E-state index contributed by atoms with van der Waals surface area (Å²) in [5, 5.41) is 5.81. The first-order valence-corrected chi connectivity index (χ1v) is 7.80. The highest BCUT2D eigenvalue weighted by atomic mass is 32.1. The van der Waals surface area contributed by atoms with Crippen molar-refractivity contribution in [1.29, 1.82) is 0 Å². The lowest BCUT2D eigenvalue weighted by Crippen LogP contribution is -2.44. The maximum atomic E-state index is 11.9. The summed E-state index contributed by atoms with van der Waals surface area (Å²) >= 11 is 1.11. The molecule has 4 amide bonds. The largest absolute Gasteiger partial charge is 0.294 e. The van der Waals surface area contributed by atoms with E-state index < -0.39 is 0 Å². The zero-order valence-corrected chi connectivity index (χ0v) is 13.5. The second-order valence-electron chi connectivity index (χ2n) is 5.35. The summed E-state index contributed by atoms with van der Waals surface area (Å²) in [5.74, 6) is -1.28. The van der Waals surface area contributed by atoms with Crippen molar-refractivity contribution in [3.8, 4) is 0 Å². The molecule has 0 radical (unpaired) electrons. The predicted molar refractivity (Wildman–Crippen MR) is 81.5 cm³/mol. The Hall–Kier alpha value is -2.56. The number of rotatable bonds is 3. The zero-order valence-electron chi connectivity index (χ0n) is 12.7. The maximum Gasteiger partial charge on any atom is 0.250 e. The molecule has 0 aromatic carbocycles. The predicted octanol–water partition coefficient (Wildman–Crippen LogP) is -0.560. The lowest BCUT2D eigenvalue weighted by molar-refractivity contribution is -0.124. The summed E-state index contributed by atoms with van der Waals surface area (Å²) in [6.45, 7) is 0. The van der Waals surface area contributed by atoms with Gasteiger partial charge in [0.2, 0.25) is 23.6 Å². The Kier molecular flexibility index (Phi) is 3.72. The zero-order chi connectivity index (χ0) is 16.7. The summed E-state index contributed by atoms with van der Waals surface area (Å²) in [4.78, 5) is 50.0. The number of nitrogens with zero attached hydrogens (tertiary/aromatic N) is 5. The normalized spacial score (nSPS) is 18.3. The van der Waals surface area contributed by atoms with Crippen molar-refractivity contribution in [3.63, 3.8) is 0 Å². The van der Waals surface area contributed by atoms with E-state index in [0.29, 0.717) is 5.00 Å². The van der Waals surface area contributed by atoms with Gasteiger partial charge in [-0.2, -0.15) is 15.0 Å². The number of hydrogen-bond acceptors (Lipinski definition) is 6. The molecular weight excluding hydrogens is 324 g/mol. The summed E-state index contributed by atoms with van der Waals surface area (Å²) in [6.07, 6.45) is 2.00. The molecule has 0 atom stereocenters. The van der Waals surface area contributed by atoms with E-state index in [1.807, 2.05) is 0 Å². The van der Waals surface area contributed by atoms with Gasteiger partial charge in [-0.3, -0.25) is 24.2 Å². The topological polar surface area (TPSA) is 104 Å². The van der Waals surface area contributed by atoms with Crippen molar-refractivity contribution in [2.75, 3.05) is 29.0 Å². The fourth-order valence-electron chi connectivity index (χ4n) is 2.35. The minimum absolute atomic E-state index is 0.136. The van der Waals surface area contributed by atoms with Gasteiger partial charge in [0, 0.05) is 51.3 Å². The molecule has 0 saturated carbocycles. The smallest absolute Gasteiger partial charge is 0.250 e. The van der Waals surface area contributed by atoms with Crippen LogP contribution in [0.4, 0.5) is 5.00 Å². The third-order valence-corrected chi connectivity index (χ3v) is 4.53. The van der Waals surface area contributed by atoms with Gasteiger partial charge in [0.05, 0.1) is 6.20 Å². The number of amides is 4. The second-order valence-corrected chi connectivity index (χ2v) is 6.29. The molecule has 0 spiro atoms. The molecule has 2 aliphatic rings. The van der Waals surface area contributed by atoms with E-state index in [0.717, 1.165) is 21.4 Å². The first-order chi connectivity index (χ1) is 10.9.